The first kappa shape index (κ1) is 11.7. The van der Waals surface area contributed by atoms with Crippen LogP contribution in [0.1, 0.15) is 0 Å². The average Bonchev–Trinajstić information content (AvgIpc) is 2.23. The molecule has 0 fully saturated rings. The van der Waals surface area contributed by atoms with E-state index in [1.165, 1.54) is 17.3 Å². The fraction of sp³-hybridized carbons (Fsp3) is 0. The lowest BCUT2D eigenvalue weighted by molar-refractivity contribution is -0.384. The zero-order chi connectivity index (χ0) is 12.3. The summed E-state index contributed by atoms with van der Waals surface area (Å²) in [5.41, 5.74) is 4.92. The molecule has 0 bridgehead atoms. The second-order valence-electron chi connectivity index (χ2n) is 2.89. The SMILES string of the molecule is C=CN(C=C)c1cc(N)c([N+](=O)[O-])cc1F. The Bertz CT molecular complexity index is 452. The van der Waals surface area contributed by atoms with E-state index < -0.39 is 16.4 Å². The van der Waals surface area contributed by atoms with E-state index >= 15 is 0 Å². The minimum atomic E-state index is -0.763. The number of nitrogens with two attached hydrogens (primary N) is 1. The third kappa shape index (κ3) is 2.00. The monoisotopic (exact) mass is 223 g/mol. The van der Waals surface area contributed by atoms with Gasteiger partial charge >= 0.3 is 0 Å². The van der Waals surface area contributed by atoms with Crippen LogP contribution in [0.2, 0.25) is 0 Å². The van der Waals surface area contributed by atoms with Gasteiger partial charge in [0.05, 0.1) is 16.7 Å². The van der Waals surface area contributed by atoms with E-state index in [9.17, 15) is 14.5 Å². The van der Waals surface area contributed by atoms with E-state index in [1.807, 2.05) is 0 Å². The Morgan fingerprint density at radius 2 is 2.00 bits per heavy atom. The van der Waals surface area contributed by atoms with Gasteiger partial charge in [0.1, 0.15) is 5.69 Å². The predicted octanol–water partition coefficient (Wildman–Crippen LogP) is 2.41. The highest BCUT2D eigenvalue weighted by Crippen LogP contribution is 2.30. The Labute approximate surface area is 91.4 Å². The maximum absolute atomic E-state index is 13.5. The average molecular weight is 223 g/mol. The highest BCUT2D eigenvalue weighted by atomic mass is 19.1. The van der Waals surface area contributed by atoms with Gasteiger partial charge < -0.3 is 10.6 Å². The lowest BCUT2D eigenvalue weighted by atomic mass is 10.2. The molecule has 0 amide bonds. The van der Waals surface area contributed by atoms with Gasteiger partial charge in [-0.15, -0.1) is 0 Å². The standard InChI is InChI=1S/C10H10FN3O2/c1-3-13(4-2)9-6-8(12)10(14(15)16)5-7(9)11/h3-6H,1-2,12H2. The number of anilines is 2. The summed E-state index contributed by atoms with van der Waals surface area (Å²) in [5.74, 6) is -0.763. The number of hydrogen-bond acceptors (Lipinski definition) is 4. The van der Waals surface area contributed by atoms with E-state index in [-0.39, 0.29) is 11.4 Å². The molecule has 0 aliphatic carbocycles. The Kier molecular flexibility index (Phi) is 3.24. The molecule has 0 saturated heterocycles. The van der Waals surface area contributed by atoms with Crippen LogP contribution in [-0.4, -0.2) is 4.92 Å². The molecule has 0 saturated carbocycles. The summed E-state index contributed by atoms with van der Waals surface area (Å²) >= 11 is 0. The van der Waals surface area contributed by atoms with Crippen molar-refractivity contribution in [3.05, 3.63) is 53.6 Å². The van der Waals surface area contributed by atoms with Gasteiger partial charge in [0.25, 0.3) is 5.69 Å². The van der Waals surface area contributed by atoms with Crippen LogP contribution < -0.4 is 10.6 Å². The third-order valence-corrected chi connectivity index (χ3v) is 1.96. The molecule has 0 radical (unpaired) electrons. The van der Waals surface area contributed by atoms with Gasteiger partial charge in [-0.05, 0) is 6.07 Å². The topological polar surface area (TPSA) is 72.4 Å². The van der Waals surface area contributed by atoms with Gasteiger partial charge in [0.2, 0.25) is 0 Å². The van der Waals surface area contributed by atoms with Crippen molar-refractivity contribution in [3.63, 3.8) is 0 Å². The first-order valence-electron chi connectivity index (χ1n) is 4.28. The number of nitrogens with zero attached hydrogens (tertiary/aromatic N) is 2. The second-order valence-corrected chi connectivity index (χ2v) is 2.89. The van der Waals surface area contributed by atoms with Crippen LogP contribution in [0, 0.1) is 15.9 Å². The summed E-state index contributed by atoms with van der Waals surface area (Å²) in [6.45, 7) is 6.90. The van der Waals surface area contributed by atoms with Crippen molar-refractivity contribution in [1.29, 1.82) is 0 Å². The quantitative estimate of drug-likeness (QED) is 0.483. The van der Waals surface area contributed by atoms with Gasteiger partial charge in [-0.25, -0.2) is 4.39 Å². The van der Waals surface area contributed by atoms with Crippen LogP contribution in [0.25, 0.3) is 0 Å². The molecular formula is C10H10FN3O2. The van der Waals surface area contributed by atoms with E-state index in [0.717, 1.165) is 12.1 Å². The van der Waals surface area contributed by atoms with Crippen LogP contribution in [-0.2, 0) is 0 Å². The highest BCUT2D eigenvalue weighted by Gasteiger charge is 2.17. The van der Waals surface area contributed by atoms with Crippen molar-refractivity contribution in [2.75, 3.05) is 10.6 Å². The van der Waals surface area contributed by atoms with Gasteiger partial charge in [0.15, 0.2) is 5.82 Å². The molecular weight excluding hydrogens is 213 g/mol. The molecule has 84 valence electrons. The molecule has 2 N–H and O–H groups in total. The van der Waals surface area contributed by atoms with Crippen molar-refractivity contribution in [1.82, 2.24) is 0 Å². The molecule has 0 atom stereocenters. The molecule has 1 aromatic rings. The number of halogens is 1. The number of hydrogen-bond donors (Lipinski definition) is 1. The first-order chi connectivity index (χ1) is 7.51. The Balaban J connectivity index is 3.35. The van der Waals surface area contributed by atoms with Crippen LogP contribution >= 0.6 is 0 Å². The van der Waals surface area contributed by atoms with Crippen molar-refractivity contribution in [2.24, 2.45) is 0 Å². The molecule has 1 rings (SSSR count). The molecule has 5 nitrogen and oxygen atoms in total. The van der Waals surface area contributed by atoms with Crippen LogP contribution in [0.15, 0.2) is 37.7 Å². The molecule has 0 aliphatic heterocycles. The Morgan fingerprint density at radius 3 is 2.44 bits per heavy atom. The van der Waals surface area contributed by atoms with Crippen molar-refractivity contribution in [3.8, 4) is 0 Å². The number of rotatable bonds is 4. The zero-order valence-electron chi connectivity index (χ0n) is 8.39. The molecule has 16 heavy (non-hydrogen) atoms. The number of nitro benzene ring substituents is 1. The fourth-order valence-electron chi connectivity index (χ4n) is 1.19. The molecule has 0 unspecified atom stereocenters. The maximum atomic E-state index is 13.5. The van der Waals surface area contributed by atoms with Crippen LogP contribution in [0.3, 0.4) is 0 Å². The van der Waals surface area contributed by atoms with Crippen LogP contribution in [0.5, 0.6) is 0 Å². The third-order valence-electron chi connectivity index (χ3n) is 1.96. The molecule has 0 heterocycles. The highest BCUT2D eigenvalue weighted by molar-refractivity contribution is 5.68. The van der Waals surface area contributed by atoms with Crippen molar-refractivity contribution >= 4 is 17.1 Å². The molecule has 0 aliphatic rings. The lowest BCUT2D eigenvalue weighted by Crippen LogP contribution is -2.09. The number of nitro groups is 1. The predicted molar refractivity (Wildman–Crippen MR) is 60.3 cm³/mol. The van der Waals surface area contributed by atoms with Gasteiger partial charge in [-0.1, -0.05) is 13.2 Å². The molecule has 6 heteroatoms. The second kappa shape index (κ2) is 4.43. The summed E-state index contributed by atoms with van der Waals surface area (Å²) in [5, 5.41) is 10.5. The molecule has 1 aromatic carbocycles. The minimum Gasteiger partial charge on any atom is -0.393 e. The summed E-state index contributed by atoms with van der Waals surface area (Å²) in [4.78, 5) is 11.0. The normalized spacial score (nSPS) is 9.56. The van der Waals surface area contributed by atoms with E-state index in [1.54, 1.807) is 0 Å². The fourth-order valence-corrected chi connectivity index (χ4v) is 1.19. The molecule has 0 spiro atoms. The summed E-state index contributed by atoms with van der Waals surface area (Å²) in [6.07, 6.45) is 2.63. The lowest BCUT2D eigenvalue weighted by Gasteiger charge is -2.15. The van der Waals surface area contributed by atoms with E-state index in [4.69, 9.17) is 5.73 Å². The van der Waals surface area contributed by atoms with Crippen LogP contribution in [0.4, 0.5) is 21.5 Å². The zero-order valence-corrected chi connectivity index (χ0v) is 8.39. The molecule has 0 aromatic heterocycles. The minimum absolute atomic E-state index is 0.0631. The van der Waals surface area contributed by atoms with Gasteiger partial charge in [-0.2, -0.15) is 0 Å². The largest absolute Gasteiger partial charge is 0.393 e. The maximum Gasteiger partial charge on any atom is 0.295 e. The smallest absolute Gasteiger partial charge is 0.295 e. The van der Waals surface area contributed by atoms with E-state index in [0.29, 0.717) is 0 Å². The van der Waals surface area contributed by atoms with E-state index in [2.05, 4.69) is 13.2 Å². The summed E-state index contributed by atoms with van der Waals surface area (Å²) in [7, 11) is 0. The summed E-state index contributed by atoms with van der Waals surface area (Å²) in [6, 6.07) is 1.93. The van der Waals surface area contributed by atoms with Crippen molar-refractivity contribution < 1.29 is 9.31 Å². The van der Waals surface area contributed by atoms with Gasteiger partial charge in [-0.3, -0.25) is 10.1 Å². The first-order valence-corrected chi connectivity index (χ1v) is 4.28. The number of benzene rings is 1. The summed E-state index contributed by atoms with van der Waals surface area (Å²) < 4.78 is 13.5. The van der Waals surface area contributed by atoms with Gasteiger partial charge in [0, 0.05) is 12.4 Å². The Hall–Kier alpha value is -2.37. The van der Waals surface area contributed by atoms with Crippen molar-refractivity contribution in [2.45, 2.75) is 0 Å². The Morgan fingerprint density at radius 1 is 1.44 bits per heavy atom. The number of nitrogen functional groups attached to an aromatic ring is 1.